The molecular weight excluding hydrogens is 398 g/mol. The highest BCUT2D eigenvalue weighted by Crippen LogP contribution is 2.36. The molecule has 1 unspecified atom stereocenters. The fraction of sp³-hybridized carbons (Fsp3) is 0.346. The number of nitrogens with two attached hydrogens (primary N) is 1. The molecule has 0 spiro atoms. The largest absolute Gasteiger partial charge is 0.384 e. The van der Waals surface area contributed by atoms with Gasteiger partial charge in [0.25, 0.3) is 0 Å². The van der Waals surface area contributed by atoms with Crippen LogP contribution in [0.5, 0.6) is 0 Å². The maximum absolute atomic E-state index is 6.22. The smallest absolute Gasteiger partial charge is 0.203 e. The standard InChI is InChI=1S/C26H29N5O/c27-24-16-22(25-26(28-24)30-31-29-25)21(19-9-3-1-4-10-19)13-7-8-18-14-15-23(32-17-18)20-11-5-2-6-12-20/h1-6,9-12,16,18,21,23H,7-8,13-15,17H2,(H3,27,28,29,30,31)/t18-,21?,23+/m0/s1. The van der Waals surface area contributed by atoms with Crippen LogP contribution < -0.4 is 5.73 Å². The molecule has 2 aromatic heterocycles. The fourth-order valence-electron chi connectivity index (χ4n) is 4.91. The molecule has 1 saturated heterocycles. The zero-order chi connectivity index (χ0) is 21.8. The van der Waals surface area contributed by atoms with Crippen LogP contribution in [0.1, 0.15) is 60.8 Å². The molecule has 6 nitrogen and oxygen atoms in total. The van der Waals surface area contributed by atoms with Crippen LogP contribution in [-0.4, -0.2) is 27.0 Å². The van der Waals surface area contributed by atoms with E-state index in [9.17, 15) is 0 Å². The van der Waals surface area contributed by atoms with Gasteiger partial charge in [-0.3, -0.25) is 0 Å². The van der Waals surface area contributed by atoms with E-state index in [1.54, 1.807) is 0 Å². The Morgan fingerprint density at radius 2 is 1.78 bits per heavy atom. The van der Waals surface area contributed by atoms with Crippen molar-refractivity contribution in [1.29, 1.82) is 0 Å². The van der Waals surface area contributed by atoms with Crippen molar-refractivity contribution < 1.29 is 4.74 Å². The number of aromatic nitrogens is 4. The summed E-state index contributed by atoms with van der Waals surface area (Å²) in [5, 5.41) is 11.2. The van der Waals surface area contributed by atoms with E-state index in [4.69, 9.17) is 10.5 Å². The van der Waals surface area contributed by atoms with E-state index >= 15 is 0 Å². The van der Waals surface area contributed by atoms with E-state index in [1.165, 1.54) is 17.5 Å². The van der Waals surface area contributed by atoms with E-state index in [0.29, 0.717) is 17.4 Å². The van der Waals surface area contributed by atoms with Gasteiger partial charge in [0.1, 0.15) is 11.3 Å². The molecule has 3 atom stereocenters. The third-order valence-electron chi connectivity index (χ3n) is 6.57. The summed E-state index contributed by atoms with van der Waals surface area (Å²) in [4.78, 5) is 4.31. The molecule has 32 heavy (non-hydrogen) atoms. The summed E-state index contributed by atoms with van der Waals surface area (Å²) in [7, 11) is 0. The van der Waals surface area contributed by atoms with Crippen LogP contribution >= 0.6 is 0 Å². The molecule has 2 aromatic carbocycles. The summed E-state index contributed by atoms with van der Waals surface area (Å²) >= 11 is 0. The van der Waals surface area contributed by atoms with Crippen LogP contribution in [0.25, 0.3) is 11.2 Å². The zero-order valence-electron chi connectivity index (χ0n) is 18.2. The van der Waals surface area contributed by atoms with Gasteiger partial charge in [-0.15, -0.1) is 5.10 Å². The lowest BCUT2D eigenvalue weighted by Crippen LogP contribution is -2.20. The first-order valence-electron chi connectivity index (χ1n) is 11.5. The summed E-state index contributed by atoms with van der Waals surface area (Å²) < 4.78 is 6.22. The van der Waals surface area contributed by atoms with Crippen molar-refractivity contribution in [3.05, 3.63) is 83.4 Å². The molecular formula is C26H29N5O. The first kappa shape index (κ1) is 20.6. The van der Waals surface area contributed by atoms with Crippen LogP contribution in [0.2, 0.25) is 0 Å². The Labute approximate surface area is 188 Å². The minimum absolute atomic E-state index is 0.204. The maximum atomic E-state index is 6.22. The van der Waals surface area contributed by atoms with Crippen molar-refractivity contribution in [3.63, 3.8) is 0 Å². The number of benzene rings is 2. The van der Waals surface area contributed by atoms with Crippen molar-refractivity contribution in [3.8, 4) is 0 Å². The number of H-pyrrole nitrogens is 1. The molecule has 0 aliphatic carbocycles. The summed E-state index contributed by atoms with van der Waals surface area (Å²) in [6.45, 7) is 0.839. The molecule has 1 fully saturated rings. The monoisotopic (exact) mass is 427 g/mol. The van der Waals surface area contributed by atoms with Crippen LogP contribution in [0.15, 0.2) is 66.7 Å². The minimum Gasteiger partial charge on any atom is -0.384 e. The van der Waals surface area contributed by atoms with E-state index < -0.39 is 0 Å². The third kappa shape index (κ3) is 4.50. The SMILES string of the molecule is Nc1cc(C(CCC[C@H]2CC[C@H](c3ccccc3)OC2)c2ccccc2)c2n[nH]nc2n1. The average Bonchev–Trinajstić information content (AvgIpc) is 3.31. The number of hydrogen-bond donors (Lipinski definition) is 2. The Bertz CT molecular complexity index is 1140. The van der Waals surface area contributed by atoms with Crippen molar-refractivity contribution in [1.82, 2.24) is 20.4 Å². The number of pyridine rings is 1. The molecule has 1 aliphatic heterocycles. The second-order valence-electron chi connectivity index (χ2n) is 8.70. The quantitative estimate of drug-likeness (QED) is 0.412. The van der Waals surface area contributed by atoms with Gasteiger partial charge < -0.3 is 10.5 Å². The number of nitrogens with zero attached hydrogens (tertiary/aromatic N) is 3. The highest BCUT2D eigenvalue weighted by molar-refractivity contribution is 5.77. The highest BCUT2D eigenvalue weighted by atomic mass is 16.5. The molecule has 0 amide bonds. The lowest BCUT2D eigenvalue weighted by Gasteiger charge is -2.30. The van der Waals surface area contributed by atoms with Gasteiger partial charge in [-0.25, -0.2) is 4.98 Å². The van der Waals surface area contributed by atoms with Gasteiger partial charge >= 0.3 is 0 Å². The summed E-state index contributed by atoms with van der Waals surface area (Å²) in [5.41, 5.74) is 11.1. The van der Waals surface area contributed by atoms with Crippen LogP contribution in [0.3, 0.4) is 0 Å². The van der Waals surface area contributed by atoms with Gasteiger partial charge in [0.15, 0.2) is 0 Å². The van der Waals surface area contributed by atoms with Gasteiger partial charge in [-0.05, 0) is 54.4 Å². The van der Waals surface area contributed by atoms with E-state index in [1.807, 2.05) is 6.07 Å². The molecule has 3 heterocycles. The molecule has 5 rings (SSSR count). The van der Waals surface area contributed by atoms with Crippen molar-refractivity contribution in [2.45, 2.75) is 44.1 Å². The molecule has 3 N–H and O–H groups in total. The van der Waals surface area contributed by atoms with E-state index in [-0.39, 0.29) is 12.0 Å². The Morgan fingerprint density at radius 1 is 1.00 bits per heavy atom. The van der Waals surface area contributed by atoms with Gasteiger partial charge in [0, 0.05) is 5.92 Å². The van der Waals surface area contributed by atoms with Crippen molar-refractivity contribution in [2.75, 3.05) is 12.3 Å². The number of fused-ring (bicyclic) bond motifs is 1. The van der Waals surface area contributed by atoms with Crippen LogP contribution in [0, 0.1) is 5.92 Å². The minimum atomic E-state index is 0.204. The number of nitrogens with one attached hydrogen (secondary N) is 1. The molecule has 164 valence electrons. The van der Waals surface area contributed by atoms with Gasteiger partial charge in [0.2, 0.25) is 5.65 Å². The number of nitrogen functional groups attached to an aromatic ring is 1. The predicted molar refractivity (Wildman–Crippen MR) is 126 cm³/mol. The maximum Gasteiger partial charge on any atom is 0.203 e. The summed E-state index contributed by atoms with van der Waals surface area (Å²) in [6, 6.07) is 23.1. The first-order chi connectivity index (χ1) is 15.8. The molecule has 4 aromatic rings. The van der Waals surface area contributed by atoms with Gasteiger partial charge in [-0.2, -0.15) is 10.3 Å². The Hall–Kier alpha value is -3.25. The molecule has 1 aliphatic rings. The molecule has 6 heteroatoms. The predicted octanol–water partition coefficient (Wildman–Crippen LogP) is 5.41. The Kier molecular flexibility index (Phi) is 6.12. The van der Waals surface area contributed by atoms with E-state index in [0.717, 1.165) is 43.4 Å². The first-order valence-corrected chi connectivity index (χ1v) is 11.5. The van der Waals surface area contributed by atoms with Crippen LogP contribution in [-0.2, 0) is 4.74 Å². The average molecular weight is 428 g/mol. The number of hydrogen-bond acceptors (Lipinski definition) is 5. The topological polar surface area (TPSA) is 89.7 Å². The number of ether oxygens (including phenoxy) is 1. The van der Waals surface area contributed by atoms with Crippen molar-refractivity contribution in [2.24, 2.45) is 5.92 Å². The number of aromatic amines is 1. The summed E-state index contributed by atoms with van der Waals surface area (Å²) in [5.74, 6) is 1.30. The third-order valence-corrected chi connectivity index (χ3v) is 6.57. The lowest BCUT2D eigenvalue weighted by molar-refractivity contribution is -0.0199. The fourth-order valence-corrected chi connectivity index (χ4v) is 4.91. The Morgan fingerprint density at radius 3 is 2.53 bits per heavy atom. The Balaban J connectivity index is 1.26. The second kappa shape index (κ2) is 9.49. The highest BCUT2D eigenvalue weighted by Gasteiger charge is 2.24. The van der Waals surface area contributed by atoms with Gasteiger partial charge in [0.05, 0.1) is 12.7 Å². The number of rotatable bonds is 7. The van der Waals surface area contributed by atoms with Crippen molar-refractivity contribution >= 4 is 17.0 Å². The second-order valence-corrected chi connectivity index (χ2v) is 8.70. The normalized spacial score (nSPS) is 19.8. The molecule has 0 saturated carbocycles. The van der Waals surface area contributed by atoms with Gasteiger partial charge in [-0.1, -0.05) is 67.1 Å². The van der Waals surface area contributed by atoms with Crippen LogP contribution in [0.4, 0.5) is 5.82 Å². The summed E-state index contributed by atoms with van der Waals surface area (Å²) in [6.07, 6.45) is 5.85. The van der Waals surface area contributed by atoms with E-state index in [2.05, 4.69) is 81.1 Å². The molecule has 0 bridgehead atoms. The lowest BCUT2D eigenvalue weighted by atomic mass is 9.84. The zero-order valence-corrected chi connectivity index (χ0v) is 18.2. The number of anilines is 1. The molecule has 0 radical (unpaired) electrons.